The molecule has 0 aromatic heterocycles. The molecule has 1 amide bonds. The van der Waals surface area contributed by atoms with Crippen molar-refractivity contribution in [2.75, 3.05) is 6.61 Å². The number of carbonyl (C=O) groups excluding carboxylic acids is 1. The number of benzene rings is 2. The second kappa shape index (κ2) is 10.8. The lowest BCUT2D eigenvalue weighted by Crippen LogP contribution is -2.26. The first kappa shape index (κ1) is 21.0. The van der Waals surface area contributed by atoms with Gasteiger partial charge in [0, 0.05) is 4.90 Å². The summed E-state index contributed by atoms with van der Waals surface area (Å²) >= 11 is 1.52. The molecule has 2 aromatic rings. The van der Waals surface area contributed by atoms with E-state index in [1.165, 1.54) is 17.3 Å². The molecule has 0 aliphatic heterocycles. The van der Waals surface area contributed by atoms with Crippen LogP contribution in [-0.2, 0) is 4.79 Å². The van der Waals surface area contributed by atoms with Gasteiger partial charge in [-0.25, -0.2) is 5.43 Å². The van der Waals surface area contributed by atoms with E-state index in [-0.39, 0.29) is 11.2 Å². The van der Waals surface area contributed by atoms with E-state index < -0.39 is 0 Å². The fraction of sp³-hybridized carbons (Fsp3) is 0.364. The third kappa shape index (κ3) is 7.87. The quantitative estimate of drug-likeness (QED) is 0.374. The van der Waals surface area contributed by atoms with E-state index in [1.54, 1.807) is 6.21 Å². The van der Waals surface area contributed by atoms with Crippen LogP contribution in [0.4, 0.5) is 0 Å². The molecule has 0 radical (unpaired) electrons. The van der Waals surface area contributed by atoms with Crippen molar-refractivity contribution < 1.29 is 9.53 Å². The molecule has 0 saturated carbocycles. The molecule has 0 bridgehead atoms. The van der Waals surface area contributed by atoms with Gasteiger partial charge in [0.05, 0.1) is 18.1 Å². The summed E-state index contributed by atoms with van der Waals surface area (Å²) in [7, 11) is 0. The number of nitrogens with one attached hydrogen (secondary N) is 1. The average Bonchev–Trinajstić information content (AvgIpc) is 2.64. The number of hydrogen-bond acceptors (Lipinski definition) is 4. The minimum absolute atomic E-state index is 0.120. The molecular weight excluding hydrogens is 356 g/mol. The number of ether oxygens (including phenoxy) is 1. The van der Waals surface area contributed by atoms with Crippen molar-refractivity contribution in [1.29, 1.82) is 0 Å². The molecule has 1 atom stereocenters. The molecule has 0 saturated heterocycles. The van der Waals surface area contributed by atoms with E-state index in [0.29, 0.717) is 5.92 Å². The summed E-state index contributed by atoms with van der Waals surface area (Å²) in [5.41, 5.74) is 4.72. The number of hydrogen-bond donors (Lipinski definition) is 1. The highest BCUT2D eigenvalue weighted by Crippen LogP contribution is 2.23. The molecule has 5 heteroatoms. The van der Waals surface area contributed by atoms with Crippen LogP contribution >= 0.6 is 11.8 Å². The zero-order valence-corrected chi connectivity index (χ0v) is 17.3. The topological polar surface area (TPSA) is 50.7 Å². The van der Waals surface area contributed by atoms with Crippen LogP contribution in [0.5, 0.6) is 5.75 Å². The molecule has 1 N–H and O–H groups in total. The number of carbonyl (C=O) groups is 1. The zero-order valence-electron chi connectivity index (χ0n) is 16.4. The van der Waals surface area contributed by atoms with Gasteiger partial charge in [-0.3, -0.25) is 4.79 Å². The van der Waals surface area contributed by atoms with Crippen LogP contribution in [0.1, 0.15) is 38.3 Å². The van der Waals surface area contributed by atoms with Crippen molar-refractivity contribution in [2.24, 2.45) is 11.0 Å². The van der Waals surface area contributed by atoms with Crippen LogP contribution in [-0.4, -0.2) is 24.0 Å². The molecule has 0 unspecified atom stereocenters. The summed E-state index contributed by atoms with van der Waals surface area (Å²) in [6, 6.07) is 15.8. The smallest absolute Gasteiger partial charge is 0.253 e. The highest BCUT2D eigenvalue weighted by atomic mass is 32.2. The summed E-state index contributed by atoms with van der Waals surface area (Å²) in [5.74, 6) is 1.36. The second-order valence-corrected chi connectivity index (χ2v) is 8.32. The second-order valence-electron chi connectivity index (χ2n) is 6.91. The predicted octanol–water partition coefficient (Wildman–Crippen LogP) is 5.05. The van der Waals surface area contributed by atoms with Crippen LogP contribution in [0.3, 0.4) is 0 Å². The lowest BCUT2D eigenvalue weighted by Gasteiger charge is -2.09. The minimum Gasteiger partial charge on any atom is -0.494 e. The highest BCUT2D eigenvalue weighted by Gasteiger charge is 2.13. The lowest BCUT2D eigenvalue weighted by atomic mass is 10.1. The summed E-state index contributed by atoms with van der Waals surface area (Å²) in [5, 5.41) is 3.83. The van der Waals surface area contributed by atoms with Gasteiger partial charge in [-0.15, -0.1) is 11.8 Å². The van der Waals surface area contributed by atoms with E-state index in [2.05, 4.69) is 24.4 Å². The van der Waals surface area contributed by atoms with Gasteiger partial charge < -0.3 is 4.74 Å². The fourth-order valence-electron chi connectivity index (χ4n) is 2.20. The molecule has 0 aliphatic rings. The van der Waals surface area contributed by atoms with Crippen LogP contribution < -0.4 is 10.2 Å². The molecule has 2 aromatic carbocycles. The maximum absolute atomic E-state index is 12.2. The fourth-order valence-corrected chi connectivity index (χ4v) is 3.06. The Morgan fingerprint density at radius 1 is 1.11 bits per heavy atom. The van der Waals surface area contributed by atoms with Crippen molar-refractivity contribution in [3.63, 3.8) is 0 Å². The SMILES string of the molecule is Cc1ccc(S[C@@H](C)C(=O)N/N=C\c2ccc(OCCC(C)C)cc2)cc1. The Bertz CT molecular complexity index is 740. The monoisotopic (exact) mass is 384 g/mol. The van der Waals surface area contributed by atoms with Gasteiger partial charge in [0.1, 0.15) is 5.75 Å². The first-order valence-electron chi connectivity index (χ1n) is 9.23. The van der Waals surface area contributed by atoms with Gasteiger partial charge in [0.25, 0.3) is 5.91 Å². The zero-order chi connectivity index (χ0) is 19.6. The first-order chi connectivity index (χ1) is 12.9. The normalized spacial score (nSPS) is 12.3. The number of aryl methyl sites for hydroxylation is 1. The molecule has 4 nitrogen and oxygen atoms in total. The minimum atomic E-state index is -0.221. The van der Waals surface area contributed by atoms with Crippen LogP contribution in [0.15, 0.2) is 58.5 Å². The lowest BCUT2D eigenvalue weighted by molar-refractivity contribution is -0.120. The third-order valence-corrected chi connectivity index (χ3v) is 5.05. The predicted molar refractivity (Wildman–Crippen MR) is 114 cm³/mol. The van der Waals surface area contributed by atoms with Gasteiger partial charge in [0.15, 0.2) is 0 Å². The van der Waals surface area contributed by atoms with Crippen molar-refractivity contribution in [3.8, 4) is 5.75 Å². The standard InChI is InChI=1S/C22H28N2O2S/c1-16(2)13-14-26-20-9-7-19(8-10-20)15-23-24-22(25)18(4)27-21-11-5-17(3)6-12-21/h5-12,15-16,18H,13-14H2,1-4H3,(H,24,25)/b23-15-/t18-/m0/s1. The van der Waals surface area contributed by atoms with E-state index in [4.69, 9.17) is 4.74 Å². The van der Waals surface area contributed by atoms with Crippen LogP contribution in [0, 0.1) is 12.8 Å². The molecule has 0 aliphatic carbocycles. The van der Waals surface area contributed by atoms with Crippen molar-refractivity contribution in [3.05, 3.63) is 59.7 Å². The largest absolute Gasteiger partial charge is 0.494 e. The van der Waals surface area contributed by atoms with E-state index in [1.807, 2.05) is 62.4 Å². The molecule has 0 spiro atoms. The first-order valence-corrected chi connectivity index (χ1v) is 10.1. The Balaban J connectivity index is 1.78. The number of nitrogens with zero attached hydrogens (tertiary/aromatic N) is 1. The van der Waals surface area contributed by atoms with Gasteiger partial charge in [-0.05, 0) is 68.1 Å². The number of thioether (sulfide) groups is 1. The molecule has 0 fully saturated rings. The van der Waals surface area contributed by atoms with E-state index in [0.717, 1.165) is 29.2 Å². The summed E-state index contributed by atoms with van der Waals surface area (Å²) in [4.78, 5) is 13.2. The Morgan fingerprint density at radius 3 is 2.41 bits per heavy atom. The Labute approximate surface area is 166 Å². The molecular formula is C22H28N2O2S. The Morgan fingerprint density at radius 2 is 1.78 bits per heavy atom. The van der Waals surface area contributed by atoms with Gasteiger partial charge in [-0.1, -0.05) is 31.5 Å². The Kier molecular flexibility index (Phi) is 8.40. The third-order valence-electron chi connectivity index (χ3n) is 3.94. The molecule has 2 rings (SSSR count). The van der Waals surface area contributed by atoms with Gasteiger partial charge >= 0.3 is 0 Å². The summed E-state index contributed by atoms with van der Waals surface area (Å²) < 4.78 is 5.69. The van der Waals surface area contributed by atoms with Gasteiger partial charge in [0.2, 0.25) is 0 Å². The maximum atomic E-state index is 12.2. The number of rotatable bonds is 9. The van der Waals surface area contributed by atoms with Crippen LogP contribution in [0.2, 0.25) is 0 Å². The number of hydrazone groups is 1. The highest BCUT2D eigenvalue weighted by molar-refractivity contribution is 8.00. The summed E-state index contributed by atoms with van der Waals surface area (Å²) in [6.45, 7) is 8.99. The summed E-state index contributed by atoms with van der Waals surface area (Å²) in [6.07, 6.45) is 2.67. The van der Waals surface area contributed by atoms with Crippen molar-refractivity contribution in [2.45, 2.75) is 44.3 Å². The molecule has 0 heterocycles. The Hall–Kier alpha value is -2.27. The van der Waals surface area contributed by atoms with Crippen molar-refractivity contribution in [1.82, 2.24) is 5.43 Å². The van der Waals surface area contributed by atoms with Crippen LogP contribution in [0.25, 0.3) is 0 Å². The van der Waals surface area contributed by atoms with Gasteiger partial charge in [-0.2, -0.15) is 5.10 Å². The van der Waals surface area contributed by atoms with E-state index >= 15 is 0 Å². The van der Waals surface area contributed by atoms with Crippen molar-refractivity contribution >= 4 is 23.9 Å². The molecule has 27 heavy (non-hydrogen) atoms. The molecule has 144 valence electrons. The number of amides is 1. The maximum Gasteiger partial charge on any atom is 0.253 e. The van der Waals surface area contributed by atoms with E-state index in [9.17, 15) is 4.79 Å². The average molecular weight is 385 g/mol.